The van der Waals surface area contributed by atoms with E-state index in [1.807, 2.05) is 29.2 Å². The lowest BCUT2D eigenvalue weighted by Crippen LogP contribution is -2.51. The number of amides is 2. The van der Waals surface area contributed by atoms with Crippen molar-refractivity contribution in [3.63, 3.8) is 0 Å². The Morgan fingerprint density at radius 2 is 1.95 bits per heavy atom. The summed E-state index contributed by atoms with van der Waals surface area (Å²) in [6.45, 7) is 4.33. The van der Waals surface area contributed by atoms with Crippen LogP contribution >= 0.6 is 0 Å². The molecule has 0 bridgehead atoms. The van der Waals surface area contributed by atoms with E-state index in [1.165, 1.54) is 0 Å². The van der Waals surface area contributed by atoms with Crippen LogP contribution in [0.15, 0.2) is 24.3 Å². The zero-order chi connectivity index (χ0) is 15.1. The fourth-order valence-corrected chi connectivity index (χ4v) is 2.14. The van der Waals surface area contributed by atoms with E-state index in [4.69, 9.17) is 9.47 Å². The van der Waals surface area contributed by atoms with Gasteiger partial charge < -0.3 is 24.6 Å². The SMILES string of the molecule is COc1cccc(OCCNC(=O)N2CCN(C)CC2)c1. The lowest BCUT2D eigenvalue weighted by atomic mass is 10.3. The van der Waals surface area contributed by atoms with E-state index in [9.17, 15) is 4.79 Å². The number of carbonyl (C=O) groups is 1. The first-order valence-electron chi connectivity index (χ1n) is 7.17. The molecule has 6 nitrogen and oxygen atoms in total. The topological polar surface area (TPSA) is 54.0 Å². The molecule has 6 heteroatoms. The molecule has 21 heavy (non-hydrogen) atoms. The molecule has 0 aromatic heterocycles. The fourth-order valence-electron chi connectivity index (χ4n) is 2.14. The summed E-state index contributed by atoms with van der Waals surface area (Å²) >= 11 is 0. The summed E-state index contributed by atoms with van der Waals surface area (Å²) in [6, 6.07) is 7.41. The van der Waals surface area contributed by atoms with Crippen LogP contribution in [0.3, 0.4) is 0 Å². The van der Waals surface area contributed by atoms with Gasteiger partial charge in [-0.2, -0.15) is 0 Å². The van der Waals surface area contributed by atoms with Crippen molar-refractivity contribution in [1.29, 1.82) is 0 Å². The predicted molar refractivity (Wildman–Crippen MR) is 81.0 cm³/mol. The highest BCUT2D eigenvalue weighted by molar-refractivity contribution is 5.74. The summed E-state index contributed by atoms with van der Waals surface area (Å²) in [5.74, 6) is 1.50. The molecule has 0 saturated carbocycles. The van der Waals surface area contributed by atoms with E-state index < -0.39 is 0 Å². The third-order valence-electron chi connectivity index (χ3n) is 3.48. The molecule has 1 aliphatic heterocycles. The maximum Gasteiger partial charge on any atom is 0.317 e. The van der Waals surface area contributed by atoms with E-state index in [0.29, 0.717) is 13.2 Å². The minimum absolute atomic E-state index is 0.0163. The summed E-state index contributed by atoms with van der Waals surface area (Å²) in [5.41, 5.74) is 0. The summed E-state index contributed by atoms with van der Waals surface area (Å²) in [6.07, 6.45) is 0. The van der Waals surface area contributed by atoms with Crippen LogP contribution in [0.2, 0.25) is 0 Å². The van der Waals surface area contributed by atoms with Gasteiger partial charge in [0.1, 0.15) is 18.1 Å². The molecule has 0 radical (unpaired) electrons. The molecule has 1 aliphatic rings. The van der Waals surface area contributed by atoms with Crippen LogP contribution < -0.4 is 14.8 Å². The first-order valence-corrected chi connectivity index (χ1v) is 7.17. The number of likely N-dealkylation sites (N-methyl/N-ethyl adjacent to an activating group) is 1. The Morgan fingerprint density at radius 3 is 2.67 bits per heavy atom. The molecule has 1 heterocycles. The maximum absolute atomic E-state index is 11.9. The predicted octanol–water partition coefficient (Wildman–Crippen LogP) is 1.03. The summed E-state index contributed by atoms with van der Waals surface area (Å²) < 4.78 is 10.7. The van der Waals surface area contributed by atoms with Crippen molar-refractivity contribution in [1.82, 2.24) is 15.1 Å². The van der Waals surface area contributed by atoms with Gasteiger partial charge in [-0.05, 0) is 19.2 Å². The number of nitrogens with zero attached hydrogens (tertiary/aromatic N) is 2. The smallest absolute Gasteiger partial charge is 0.317 e. The van der Waals surface area contributed by atoms with Crippen molar-refractivity contribution in [2.45, 2.75) is 0 Å². The van der Waals surface area contributed by atoms with Crippen LogP contribution in [0.1, 0.15) is 0 Å². The number of hydrogen-bond donors (Lipinski definition) is 1. The number of urea groups is 1. The van der Waals surface area contributed by atoms with Crippen LogP contribution in [0.25, 0.3) is 0 Å². The van der Waals surface area contributed by atoms with Gasteiger partial charge in [0.05, 0.1) is 13.7 Å². The van der Waals surface area contributed by atoms with Crippen molar-refractivity contribution < 1.29 is 14.3 Å². The van der Waals surface area contributed by atoms with Gasteiger partial charge in [-0.1, -0.05) is 6.07 Å². The average Bonchev–Trinajstić information content (AvgIpc) is 2.52. The molecular formula is C15H23N3O3. The molecule has 1 aromatic carbocycles. The Hall–Kier alpha value is -1.95. The maximum atomic E-state index is 11.9. The second-order valence-corrected chi connectivity index (χ2v) is 5.05. The monoisotopic (exact) mass is 293 g/mol. The van der Waals surface area contributed by atoms with E-state index >= 15 is 0 Å². The molecule has 1 saturated heterocycles. The Bertz CT molecular complexity index is 459. The van der Waals surface area contributed by atoms with E-state index in [0.717, 1.165) is 37.7 Å². The zero-order valence-electron chi connectivity index (χ0n) is 12.7. The third kappa shape index (κ3) is 4.82. The normalized spacial score (nSPS) is 15.6. The molecule has 1 fully saturated rings. The first kappa shape index (κ1) is 15.4. The standard InChI is InChI=1S/C15H23N3O3/c1-17-7-9-18(10-8-17)15(19)16-6-11-21-14-5-3-4-13(12-14)20-2/h3-5,12H,6-11H2,1-2H3,(H,16,19). The minimum atomic E-state index is -0.0163. The number of rotatable bonds is 5. The van der Waals surface area contributed by atoms with Crippen LogP contribution in [0.5, 0.6) is 11.5 Å². The summed E-state index contributed by atoms with van der Waals surface area (Å²) in [4.78, 5) is 16.0. The van der Waals surface area contributed by atoms with Crippen molar-refractivity contribution in [3.8, 4) is 11.5 Å². The van der Waals surface area contributed by atoms with Crippen LogP contribution in [-0.2, 0) is 0 Å². The number of benzene rings is 1. The molecule has 0 aliphatic carbocycles. The van der Waals surface area contributed by atoms with Gasteiger partial charge in [-0.15, -0.1) is 0 Å². The van der Waals surface area contributed by atoms with Gasteiger partial charge in [0.25, 0.3) is 0 Å². The van der Waals surface area contributed by atoms with Crippen LogP contribution in [-0.4, -0.2) is 69.3 Å². The molecule has 0 unspecified atom stereocenters. The Kier molecular flexibility index (Phi) is 5.68. The number of ether oxygens (including phenoxy) is 2. The third-order valence-corrected chi connectivity index (χ3v) is 3.48. The first-order chi connectivity index (χ1) is 10.2. The number of nitrogens with one attached hydrogen (secondary N) is 1. The second kappa shape index (κ2) is 7.73. The van der Waals surface area contributed by atoms with Crippen molar-refractivity contribution in [3.05, 3.63) is 24.3 Å². The van der Waals surface area contributed by atoms with E-state index in [2.05, 4.69) is 17.3 Å². The highest BCUT2D eigenvalue weighted by Crippen LogP contribution is 2.18. The van der Waals surface area contributed by atoms with Crippen molar-refractivity contribution in [2.24, 2.45) is 0 Å². The summed E-state index contributed by atoms with van der Waals surface area (Å²) in [5, 5.41) is 2.88. The molecule has 0 atom stereocenters. The van der Waals surface area contributed by atoms with Crippen LogP contribution in [0, 0.1) is 0 Å². The molecule has 0 spiro atoms. The fraction of sp³-hybridized carbons (Fsp3) is 0.533. The van der Waals surface area contributed by atoms with Gasteiger partial charge >= 0.3 is 6.03 Å². The molecular weight excluding hydrogens is 270 g/mol. The molecule has 1 aromatic rings. The zero-order valence-corrected chi connectivity index (χ0v) is 12.7. The van der Waals surface area contributed by atoms with Gasteiger partial charge in [-0.25, -0.2) is 4.79 Å². The van der Waals surface area contributed by atoms with Gasteiger partial charge in [0.2, 0.25) is 0 Å². The quantitative estimate of drug-likeness (QED) is 0.824. The highest BCUT2D eigenvalue weighted by atomic mass is 16.5. The van der Waals surface area contributed by atoms with Gasteiger partial charge in [0.15, 0.2) is 0 Å². The molecule has 2 amide bonds. The number of methoxy groups -OCH3 is 1. The minimum Gasteiger partial charge on any atom is -0.497 e. The lowest BCUT2D eigenvalue weighted by Gasteiger charge is -2.32. The number of hydrogen-bond acceptors (Lipinski definition) is 4. The summed E-state index contributed by atoms with van der Waals surface area (Å²) in [7, 11) is 3.69. The molecule has 2 rings (SSSR count). The van der Waals surface area contributed by atoms with E-state index in [-0.39, 0.29) is 6.03 Å². The van der Waals surface area contributed by atoms with Gasteiger partial charge in [-0.3, -0.25) is 0 Å². The van der Waals surface area contributed by atoms with Crippen LogP contribution in [0.4, 0.5) is 4.79 Å². The number of carbonyl (C=O) groups excluding carboxylic acids is 1. The largest absolute Gasteiger partial charge is 0.497 e. The Morgan fingerprint density at radius 1 is 1.24 bits per heavy atom. The molecule has 1 N–H and O–H groups in total. The second-order valence-electron chi connectivity index (χ2n) is 5.05. The Labute approximate surface area is 125 Å². The van der Waals surface area contributed by atoms with Crippen molar-refractivity contribution in [2.75, 3.05) is 53.5 Å². The lowest BCUT2D eigenvalue weighted by molar-refractivity contribution is 0.153. The Balaban J connectivity index is 1.66. The van der Waals surface area contributed by atoms with Crippen molar-refractivity contribution >= 4 is 6.03 Å². The van der Waals surface area contributed by atoms with Gasteiger partial charge in [0, 0.05) is 32.2 Å². The number of piperazine rings is 1. The highest BCUT2D eigenvalue weighted by Gasteiger charge is 2.18. The van der Waals surface area contributed by atoms with E-state index in [1.54, 1.807) is 7.11 Å². The molecule has 116 valence electrons. The average molecular weight is 293 g/mol.